The van der Waals surface area contributed by atoms with E-state index in [2.05, 4.69) is 31.8 Å². The van der Waals surface area contributed by atoms with Crippen LogP contribution in [0.1, 0.15) is 22.4 Å². The normalized spacial score (nSPS) is 16.3. The van der Waals surface area contributed by atoms with E-state index < -0.39 is 24.0 Å². The van der Waals surface area contributed by atoms with E-state index in [4.69, 9.17) is 66.1 Å². The largest absolute Gasteiger partial charge is 0.491 e. The molecule has 4 bridgehead atoms. The topological polar surface area (TPSA) is 169 Å². The van der Waals surface area contributed by atoms with Crippen LogP contribution in [0, 0.1) is 19.7 Å². The Morgan fingerprint density at radius 1 is 0.840 bits per heavy atom. The summed E-state index contributed by atoms with van der Waals surface area (Å²) in [4.78, 5) is 37.8. The Kier molecular flexibility index (Phi) is 17.9. The van der Waals surface area contributed by atoms with E-state index in [1.165, 1.54) is 29.8 Å². The van der Waals surface area contributed by atoms with E-state index in [0.717, 1.165) is 31.7 Å². The summed E-state index contributed by atoms with van der Waals surface area (Å²) in [5.41, 5.74) is 5.01. The van der Waals surface area contributed by atoms with Gasteiger partial charge in [-0.1, -0.05) is 47.5 Å². The number of thiophene rings is 1. The number of likely N-dealkylation sites (N-methyl/N-ethyl adjacent to an activating group) is 1. The van der Waals surface area contributed by atoms with E-state index in [0.29, 0.717) is 129 Å². The van der Waals surface area contributed by atoms with Crippen molar-refractivity contribution in [2.75, 3.05) is 93.1 Å². The van der Waals surface area contributed by atoms with Crippen molar-refractivity contribution in [1.82, 2.24) is 29.7 Å². The number of nitrogens with zero attached hydrogens (tertiary/aromatic N) is 6. The van der Waals surface area contributed by atoms with Gasteiger partial charge < -0.3 is 47.9 Å². The molecule has 3 aliphatic heterocycles. The second-order valence-electron chi connectivity index (χ2n) is 18.1. The summed E-state index contributed by atoms with van der Waals surface area (Å²) in [6.07, 6.45) is 0.770. The minimum atomic E-state index is -1.49. The fourth-order valence-corrected chi connectivity index (χ4v) is 10.5. The van der Waals surface area contributed by atoms with Crippen LogP contribution in [0.4, 0.5) is 4.39 Å². The zero-order valence-electron chi connectivity index (χ0n) is 42.0. The van der Waals surface area contributed by atoms with Crippen LogP contribution in [-0.4, -0.2) is 146 Å². The molecule has 1 fully saturated rings. The minimum absolute atomic E-state index is 0.0133. The average Bonchev–Trinajstić information content (AvgIpc) is 3.80. The predicted molar refractivity (Wildman–Crippen MR) is 285 cm³/mol. The van der Waals surface area contributed by atoms with Gasteiger partial charge in [0, 0.05) is 74.0 Å². The quantitative estimate of drug-likeness (QED) is 0.0806. The number of aliphatic carboxylic acids is 1. The lowest BCUT2D eigenvalue weighted by atomic mass is 9.92. The summed E-state index contributed by atoms with van der Waals surface area (Å²) in [7, 11) is 3.73. The molecule has 394 valence electrons. The number of carbonyl (C=O) groups is 1. The fourth-order valence-electron chi connectivity index (χ4n) is 8.89. The summed E-state index contributed by atoms with van der Waals surface area (Å²) < 4.78 is 62.8. The molecule has 1 saturated heterocycles. The third-order valence-electron chi connectivity index (χ3n) is 12.8. The van der Waals surface area contributed by atoms with E-state index in [1.54, 1.807) is 49.7 Å². The summed E-state index contributed by atoms with van der Waals surface area (Å²) in [6.45, 7) is 10.5. The van der Waals surface area contributed by atoms with Crippen LogP contribution >= 0.6 is 34.5 Å². The third-order valence-corrected chi connectivity index (χ3v) is 14.9. The van der Waals surface area contributed by atoms with Gasteiger partial charge >= 0.3 is 5.97 Å². The number of ether oxygens (including phenoxy) is 8. The van der Waals surface area contributed by atoms with Crippen LogP contribution in [0.5, 0.6) is 28.9 Å². The SMILES string of the molecule is COCCOCCOCCOc1cccc(-c2nccc(COc3ccc4cc3C[C@H](C(=O)O)Oc3ncnc5sc(-c6ccc(F)cc6)c(c35)-c3c(C)c(Cl)c(c(Cl)c3C)O[C@H](CN3CCN(C)CC3)CO4)n2)c1. The molecule has 4 aromatic carbocycles. The first-order chi connectivity index (χ1) is 36.4. The molecule has 20 heteroatoms. The molecule has 0 aliphatic carbocycles. The molecule has 0 unspecified atom stereocenters. The predicted octanol–water partition coefficient (Wildman–Crippen LogP) is 9.64. The molecule has 7 aromatic rings. The number of methoxy groups -OCH3 is 1. The number of carboxylic acids is 1. The van der Waals surface area contributed by atoms with Gasteiger partial charge in [-0.2, -0.15) is 0 Å². The van der Waals surface area contributed by atoms with Gasteiger partial charge in [0.2, 0.25) is 12.0 Å². The van der Waals surface area contributed by atoms with Crippen molar-refractivity contribution in [3.63, 3.8) is 0 Å². The van der Waals surface area contributed by atoms with Crippen molar-refractivity contribution in [1.29, 1.82) is 0 Å². The standard InChI is InChI=1S/C55H57Cl2FN6O10S/c1-33-45-34(2)49(57)50(48(33)56)73-42(29-64-18-16-63(3)17-19-64)31-71-41-12-13-43(72-30-39-14-15-59-52(62-39)36-6-5-7-40(26-36)70-25-24-69-23-22-68-21-20-67-4)37(27-41)28-44(55(65)66)74-53-47-46(45)51(75-54(47)61-32-60-53)35-8-10-38(58)11-9-35/h5-15,26-27,32,42,44H,16-25,28-31H2,1-4H3,(H,65,66)/t42-,44-/m1/s1. The van der Waals surface area contributed by atoms with Crippen molar-refractivity contribution in [2.45, 2.75) is 39.1 Å². The van der Waals surface area contributed by atoms with E-state index >= 15 is 0 Å². The van der Waals surface area contributed by atoms with Crippen LogP contribution in [-0.2, 0) is 32.0 Å². The molecule has 3 aliphatic rings. The highest BCUT2D eigenvalue weighted by Crippen LogP contribution is 2.53. The summed E-state index contributed by atoms with van der Waals surface area (Å²) in [5.74, 6) is 0.577. The maximum Gasteiger partial charge on any atom is 0.345 e. The lowest BCUT2D eigenvalue weighted by molar-refractivity contribution is -0.145. The number of halogens is 3. The van der Waals surface area contributed by atoms with Crippen molar-refractivity contribution in [2.24, 2.45) is 0 Å². The Hall–Kier alpha value is -6.22. The maximum absolute atomic E-state index is 14.4. The van der Waals surface area contributed by atoms with Gasteiger partial charge in [0.15, 0.2) is 11.6 Å². The van der Waals surface area contributed by atoms with Gasteiger partial charge in [-0.3, -0.25) is 4.90 Å². The summed E-state index contributed by atoms with van der Waals surface area (Å²) >= 11 is 16.0. The van der Waals surface area contributed by atoms with Crippen molar-refractivity contribution in [3.05, 3.63) is 124 Å². The number of aromatic nitrogens is 4. The number of rotatable bonds is 18. The fraction of sp³-hybridized carbons (Fsp3) is 0.364. The first-order valence-corrected chi connectivity index (χ1v) is 26.1. The molecule has 2 atom stereocenters. The smallest absolute Gasteiger partial charge is 0.345 e. The molecule has 0 saturated carbocycles. The lowest BCUT2D eigenvalue weighted by Crippen LogP contribution is -2.49. The van der Waals surface area contributed by atoms with Crippen LogP contribution in [0.3, 0.4) is 0 Å². The first-order valence-electron chi connectivity index (χ1n) is 24.5. The van der Waals surface area contributed by atoms with Crippen LogP contribution in [0.2, 0.25) is 10.0 Å². The van der Waals surface area contributed by atoms with Gasteiger partial charge in [0.05, 0.1) is 54.2 Å². The van der Waals surface area contributed by atoms with Crippen molar-refractivity contribution in [3.8, 4) is 61.8 Å². The van der Waals surface area contributed by atoms with Crippen LogP contribution in [0.15, 0.2) is 85.3 Å². The molecule has 3 aromatic heterocycles. The number of fused-ring (bicyclic) bond motifs is 7. The molecule has 0 spiro atoms. The van der Waals surface area contributed by atoms with Crippen molar-refractivity contribution < 1.29 is 52.2 Å². The molecule has 0 amide bonds. The van der Waals surface area contributed by atoms with Gasteiger partial charge in [-0.15, -0.1) is 11.3 Å². The molecular weight excluding hydrogens is 1030 g/mol. The minimum Gasteiger partial charge on any atom is -0.491 e. The Bertz CT molecular complexity index is 3080. The zero-order chi connectivity index (χ0) is 52.4. The van der Waals surface area contributed by atoms with E-state index in [1.807, 2.05) is 38.1 Å². The summed E-state index contributed by atoms with van der Waals surface area (Å²) in [6, 6.07) is 20.6. The highest BCUT2D eigenvalue weighted by Gasteiger charge is 2.32. The number of hydrogen-bond acceptors (Lipinski definition) is 16. The maximum atomic E-state index is 14.4. The Morgan fingerprint density at radius 3 is 2.33 bits per heavy atom. The Morgan fingerprint density at radius 2 is 1.59 bits per heavy atom. The number of piperazine rings is 1. The van der Waals surface area contributed by atoms with E-state index in [-0.39, 0.29) is 35.6 Å². The monoisotopic (exact) mass is 1080 g/mol. The molecule has 16 nitrogen and oxygen atoms in total. The number of benzene rings is 4. The molecule has 75 heavy (non-hydrogen) atoms. The van der Waals surface area contributed by atoms with Crippen LogP contribution in [0.25, 0.3) is 43.2 Å². The zero-order valence-corrected chi connectivity index (χ0v) is 44.3. The van der Waals surface area contributed by atoms with Gasteiger partial charge in [0.1, 0.15) is 60.1 Å². The molecule has 0 radical (unpaired) electrons. The van der Waals surface area contributed by atoms with E-state index in [9.17, 15) is 14.3 Å². The van der Waals surface area contributed by atoms with Gasteiger partial charge in [-0.25, -0.2) is 29.1 Å². The Balaban J connectivity index is 1.04. The average molecular weight is 1080 g/mol. The summed E-state index contributed by atoms with van der Waals surface area (Å²) in [5, 5.41) is 12.0. The first kappa shape index (κ1) is 53.6. The highest BCUT2D eigenvalue weighted by atomic mass is 35.5. The molecular formula is C55H57Cl2FN6O10S. The number of carboxylic acid groups (broad SMARTS) is 1. The second-order valence-corrected chi connectivity index (χ2v) is 19.8. The molecule has 10 rings (SSSR count). The number of hydrogen-bond donors (Lipinski definition) is 1. The van der Waals surface area contributed by atoms with Gasteiger partial charge in [0.25, 0.3) is 0 Å². The third kappa shape index (κ3) is 13.1. The van der Waals surface area contributed by atoms with Crippen molar-refractivity contribution >= 4 is 50.7 Å². The second kappa shape index (κ2) is 25.1. The molecule has 6 heterocycles. The van der Waals surface area contributed by atoms with Crippen LogP contribution < -0.4 is 23.7 Å². The van der Waals surface area contributed by atoms with Gasteiger partial charge in [-0.05, 0) is 91.7 Å². The Labute approximate surface area is 448 Å². The molecule has 1 N–H and O–H groups in total. The highest BCUT2D eigenvalue weighted by molar-refractivity contribution is 7.22. The lowest BCUT2D eigenvalue weighted by Gasteiger charge is -2.35.